The lowest BCUT2D eigenvalue weighted by atomic mass is 10.3. The number of thioether (sulfide) groups is 1. The van der Waals surface area contributed by atoms with Gasteiger partial charge in [0.25, 0.3) is 0 Å². The number of aliphatic hydroxyl groups excluding tert-OH is 2. The van der Waals surface area contributed by atoms with Gasteiger partial charge in [-0.05, 0) is 12.8 Å². The quantitative estimate of drug-likeness (QED) is 0.643. The Hall–Kier alpha value is 0.270. The fourth-order valence-electron chi connectivity index (χ4n) is 0.896. The fraction of sp³-hybridized carbons (Fsp3) is 1.00. The molecule has 0 fully saturated rings. The average molecular weight is 178 g/mol. The van der Waals surface area contributed by atoms with Gasteiger partial charge < -0.3 is 10.2 Å². The third-order valence-electron chi connectivity index (χ3n) is 1.54. The van der Waals surface area contributed by atoms with Crippen molar-refractivity contribution in [1.29, 1.82) is 0 Å². The highest BCUT2D eigenvalue weighted by Crippen LogP contribution is 2.21. The average Bonchev–Trinajstić information content (AvgIpc) is 1.87. The first kappa shape index (κ1) is 11.3. The van der Waals surface area contributed by atoms with Crippen LogP contribution in [-0.2, 0) is 0 Å². The lowest BCUT2D eigenvalue weighted by molar-refractivity contribution is 0.286. The van der Waals surface area contributed by atoms with E-state index in [0.29, 0.717) is 10.5 Å². The molecule has 0 aromatic carbocycles. The van der Waals surface area contributed by atoms with E-state index in [0.717, 1.165) is 12.8 Å². The molecule has 0 bridgehead atoms. The van der Waals surface area contributed by atoms with Gasteiger partial charge >= 0.3 is 0 Å². The van der Waals surface area contributed by atoms with Gasteiger partial charge in [-0.3, -0.25) is 0 Å². The molecule has 0 aliphatic carbocycles. The zero-order valence-electron chi connectivity index (χ0n) is 7.29. The van der Waals surface area contributed by atoms with Gasteiger partial charge in [0.2, 0.25) is 0 Å². The van der Waals surface area contributed by atoms with Crippen LogP contribution in [0.5, 0.6) is 0 Å². The first-order valence-electron chi connectivity index (χ1n) is 4.08. The summed E-state index contributed by atoms with van der Waals surface area (Å²) in [6.45, 7) is 4.74. The predicted molar refractivity (Wildman–Crippen MR) is 49.9 cm³/mol. The van der Waals surface area contributed by atoms with E-state index in [2.05, 4.69) is 13.8 Å². The summed E-state index contributed by atoms with van der Waals surface area (Å²) in [5, 5.41) is 18.2. The van der Waals surface area contributed by atoms with Gasteiger partial charge in [0.15, 0.2) is 0 Å². The SMILES string of the molecule is CC(CCO)SC(C)CCO. The Morgan fingerprint density at radius 1 is 1.00 bits per heavy atom. The molecular weight excluding hydrogens is 160 g/mol. The second-order valence-corrected chi connectivity index (χ2v) is 4.66. The molecule has 0 radical (unpaired) electrons. The lowest BCUT2D eigenvalue weighted by Gasteiger charge is -2.14. The molecule has 0 aromatic heterocycles. The summed E-state index contributed by atoms with van der Waals surface area (Å²) in [5.41, 5.74) is 0. The van der Waals surface area contributed by atoms with Crippen LogP contribution in [0.4, 0.5) is 0 Å². The van der Waals surface area contributed by atoms with Gasteiger partial charge in [0.1, 0.15) is 0 Å². The minimum Gasteiger partial charge on any atom is -0.396 e. The molecule has 0 aliphatic rings. The van der Waals surface area contributed by atoms with E-state index in [1.807, 2.05) is 11.8 Å². The molecule has 0 aromatic rings. The largest absolute Gasteiger partial charge is 0.396 e. The molecule has 2 nitrogen and oxygen atoms in total. The Kier molecular flexibility index (Phi) is 7.12. The maximum atomic E-state index is 8.62. The zero-order valence-corrected chi connectivity index (χ0v) is 8.10. The van der Waals surface area contributed by atoms with Crippen molar-refractivity contribution in [2.24, 2.45) is 0 Å². The van der Waals surface area contributed by atoms with Crippen LogP contribution in [0.1, 0.15) is 26.7 Å². The summed E-state index contributed by atoms with van der Waals surface area (Å²) in [5.74, 6) is 0. The summed E-state index contributed by atoms with van der Waals surface area (Å²) in [6, 6.07) is 0. The van der Waals surface area contributed by atoms with E-state index in [9.17, 15) is 0 Å². The summed E-state index contributed by atoms with van der Waals surface area (Å²) in [4.78, 5) is 0. The number of aliphatic hydroxyl groups is 2. The van der Waals surface area contributed by atoms with Crippen LogP contribution in [0.15, 0.2) is 0 Å². The maximum absolute atomic E-state index is 8.62. The van der Waals surface area contributed by atoms with Gasteiger partial charge in [0, 0.05) is 23.7 Å². The fourth-order valence-corrected chi connectivity index (χ4v) is 2.17. The van der Waals surface area contributed by atoms with Crippen LogP contribution < -0.4 is 0 Å². The number of rotatable bonds is 6. The van der Waals surface area contributed by atoms with Gasteiger partial charge in [-0.2, -0.15) is 11.8 Å². The van der Waals surface area contributed by atoms with E-state index in [-0.39, 0.29) is 13.2 Å². The summed E-state index contributed by atoms with van der Waals surface area (Å²) < 4.78 is 0. The molecule has 0 saturated heterocycles. The van der Waals surface area contributed by atoms with Crippen molar-refractivity contribution < 1.29 is 10.2 Å². The minimum absolute atomic E-state index is 0.264. The van der Waals surface area contributed by atoms with E-state index < -0.39 is 0 Å². The monoisotopic (exact) mass is 178 g/mol. The Morgan fingerprint density at radius 2 is 1.36 bits per heavy atom. The van der Waals surface area contributed by atoms with Crippen molar-refractivity contribution in [3.8, 4) is 0 Å². The molecule has 2 atom stereocenters. The van der Waals surface area contributed by atoms with E-state index >= 15 is 0 Å². The summed E-state index contributed by atoms with van der Waals surface area (Å²) in [6.07, 6.45) is 1.70. The third kappa shape index (κ3) is 6.66. The molecule has 0 saturated carbocycles. The molecule has 3 heteroatoms. The summed E-state index contributed by atoms with van der Waals surface area (Å²) >= 11 is 1.83. The lowest BCUT2D eigenvalue weighted by Crippen LogP contribution is -2.07. The Balaban J connectivity index is 3.32. The Labute approximate surface area is 73.0 Å². The standard InChI is InChI=1S/C8H18O2S/c1-7(3-5-9)11-8(2)4-6-10/h7-10H,3-6H2,1-2H3. The van der Waals surface area contributed by atoms with Crippen molar-refractivity contribution in [3.05, 3.63) is 0 Å². The smallest absolute Gasteiger partial charge is 0.0441 e. The minimum atomic E-state index is 0.264. The Bertz CT molecular complexity index is 78.2. The summed E-state index contributed by atoms with van der Waals surface area (Å²) in [7, 11) is 0. The predicted octanol–water partition coefficient (Wildman–Crippen LogP) is 1.26. The van der Waals surface area contributed by atoms with Crippen molar-refractivity contribution in [1.82, 2.24) is 0 Å². The third-order valence-corrected chi connectivity index (χ3v) is 2.94. The van der Waals surface area contributed by atoms with Crippen LogP contribution >= 0.6 is 11.8 Å². The molecular formula is C8H18O2S. The van der Waals surface area contributed by atoms with Crippen LogP contribution in [-0.4, -0.2) is 33.9 Å². The molecule has 0 amide bonds. The van der Waals surface area contributed by atoms with Gasteiger partial charge in [-0.25, -0.2) is 0 Å². The topological polar surface area (TPSA) is 40.5 Å². The molecule has 68 valence electrons. The Morgan fingerprint density at radius 3 is 1.64 bits per heavy atom. The molecule has 0 heterocycles. The van der Waals surface area contributed by atoms with Crippen LogP contribution in [0, 0.1) is 0 Å². The van der Waals surface area contributed by atoms with Gasteiger partial charge in [-0.1, -0.05) is 13.8 Å². The van der Waals surface area contributed by atoms with Gasteiger partial charge in [0.05, 0.1) is 0 Å². The van der Waals surface area contributed by atoms with Crippen molar-refractivity contribution in [2.45, 2.75) is 37.2 Å². The number of hydrogen-bond acceptors (Lipinski definition) is 3. The van der Waals surface area contributed by atoms with Crippen molar-refractivity contribution in [3.63, 3.8) is 0 Å². The zero-order chi connectivity index (χ0) is 8.69. The van der Waals surface area contributed by atoms with E-state index in [1.54, 1.807) is 0 Å². The van der Waals surface area contributed by atoms with E-state index in [1.165, 1.54) is 0 Å². The molecule has 2 N–H and O–H groups in total. The molecule has 0 spiro atoms. The molecule has 0 aliphatic heterocycles. The molecule has 2 unspecified atom stereocenters. The van der Waals surface area contributed by atoms with Gasteiger partial charge in [-0.15, -0.1) is 0 Å². The number of hydrogen-bond donors (Lipinski definition) is 2. The molecule has 11 heavy (non-hydrogen) atoms. The van der Waals surface area contributed by atoms with Crippen molar-refractivity contribution >= 4 is 11.8 Å². The van der Waals surface area contributed by atoms with Crippen LogP contribution in [0.3, 0.4) is 0 Å². The highest BCUT2D eigenvalue weighted by molar-refractivity contribution is 8.00. The first-order chi connectivity index (χ1) is 5.20. The van der Waals surface area contributed by atoms with Crippen LogP contribution in [0.25, 0.3) is 0 Å². The highest BCUT2D eigenvalue weighted by atomic mass is 32.2. The maximum Gasteiger partial charge on any atom is 0.0441 e. The second kappa shape index (κ2) is 6.95. The first-order valence-corrected chi connectivity index (χ1v) is 5.02. The molecule has 0 rings (SSSR count). The van der Waals surface area contributed by atoms with E-state index in [4.69, 9.17) is 10.2 Å². The van der Waals surface area contributed by atoms with Crippen molar-refractivity contribution in [2.75, 3.05) is 13.2 Å². The highest BCUT2D eigenvalue weighted by Gasteiger charge is 2.07. The normalized spacial score (nSPS) is 16.4. The second-order valence-electron chi connectivity index (χ2n) is 2.78. The van der Waals surface area contributed by atoms with Crippen LogP contribution in [0.2, 0.25) is 0 Å².